The monoisotopic (exact) mass is 447 g/mol. The number of nitrogens with one attached hydrogen (secondary N) is 1. The summed E-state index contributed by atoms with van der Waals surface area (Å²) in [5.41, 5.74) is 7.84. The van der Waals surface area contributed by atoms with Crippen molar-refractivity contribution in [3.63, 3.8) is 0 Å². The molecule has 1 aliphatic heterocycles. The average molecular weight is 447 g/mol. The SMILES string of the molecule is NC(=O)C1CN(C(=O)c2ccc(F)cc2)C=C(C(=O)OCC2CC2)c2[nH]c3ccccc3c21. The molecular formula is C25H22FN3O4. The van der Waals surface area contributed by atoms with Gasteiger partial charge >= 0.3 is 5.97 Å². The van der Waals surface area contributed by atoms with E-state index in [9.17, 15) is 18.8 Å². The largest absolute Gasteiger partial charge is 0.462 e. The van der Waals surface area contributed by atoms with Crippen molar-refractivity contribution in [1.29, 1.82) is 0 Å². The number of benzene rings is 2. The van der Waals surface area contributed by atoms with Crippen molar-refractivity contribution in [2.75, 3.05) is 13.2 Å². The molecule has 1 fully saturated rings. The molecule has 2 heterocycles. The first-order chi connectivity index (χ1) is 15.9. The summed E-state index contributed by atoms with van der Waals surface area (Å²) in [6.07, 6.45) is 3.43. The zero-order valence-corrected chi connectivity index (χ0v) is 17.7. The number of nitrogens with zero attached hydrogens (tertiary/aromatic N) is 1. The number of H-pyrrole nitrogens is 1. The Bertz CT molecular complexity index is 1290. The molecule has 0 radical (unpaired) electrons. The van der Waals surface area contributed by atoms with Gasteiger partial charge in [0, 0.05) is 34.8 Å². The number of ether oxygens (including phenoxy) is 1. The number of carbonyl (C=O) groups is 3. The Morgan fingerprint density at radius 2 is 1.82 bits per heavy atom. The number of halogens is 1. The van der Waals surface area contributed by atoms with Crippen LogP contribution in [0.1, 0.15) is 40.4 Å². The fourth-order valence-electron chi connectivity index (χ4n) is 4.14. The van der Waals surface area contributed by atoms with E-state index in [1.54, 1.807) is 0 Å². The summed E-state index contributed by atoms with van der Waals surface area (Å²) in [7, 11) is 0. The third-order valence-electron chi connectivity index (χ3n) is 6.09. The highest BCUT2D eigenvalue weighted by atomic mass is 19.1. The average Bonchev–Trinajstić information content (AvgIpc) is 3.59. The smallest absolute Gasteiger partial charge is 0.341 e. The van der Waals surface area contributed by atoms with Crippen LogP contribution in [-0.2, 0) is 14.3 Å². The molecule has 2 aliphatic rings. The zero-order valence-electron chi connectivity index (χ0n) is 17.7. The van der Waals surface area contributed by atoms with Crippen LogP contribution in [0, 0.1) is 11.7 Å². The molecule has 8 heteroatoms. The summed E-state index contributed by atoms with van der Waals surface area (Å²) < 4.78 is 18.9. The van der Waals surface area contributed by atoms with Crippen LogP contribution in [0.2, 0.25) is 0 Å². The predicted molar refractivity (Wildman–Crippen MR) is 119 cm³/mol. The lowest BCUT2D eigenvalue weighted by Crippen LogP contribution is -2.35. The van der Waals surface area contributed by atoms with E-state index in [1.807, 2.05) is 24.3 Å². The highest BCUT2D eigenvalue weighted by Crippen LogP contribution is 2.38. The molecule has 2 amide bonds. The Labute approximate surface area is 189 Å². The highest BCUT2D eigenvalue weighted by Gasteiger charge is 2.36. The van der Waals surface area contributed by atoms with Crippen molar-refractivity contribution in [2.45, 2.75) is 18.8 Å². The van der Waals surface area contributed by atoms with Gasteiger partial charge in [-0.05, 0) is 49.1 Å². The standard InChI is InChI=1S/C25H22FN3O4/c26-16-9-7-15(8-10-16)24(31)29-11-18(23(27)30)21-17-3-1-2-4-20(17)28-22(21)19(12-29)25(32)33-13-14-5-6-14/h1-4,7-10,12,14,18,28H,5-6,11,13H2,(H2,27,30). The van der Waals surface area contributed by atoms with Crippen molar-refractivity contribution in [1.82, 2.24) is 9.88 Å². The van der Waals surface area contributed by atoms with Crippen LogP contribution in [0.3, 0.4) is 0 Å². The van der Waals surface area contributed by atoms with Gasteiger partial charge in [0.25, 0.3) is 5.91 Å². The second-order valence-corrected chi connectivity index (χ2v) is 8.46. The highest BCUT2D eigenvalue weighted by molar-refractivity contribution is 6.19. The van der Waals surface area contributed by atoms with Gasteiger partial charge in [-0.2, -0.15) is 0 Å². The van der Waals surface area contributed by atoms with Gasteiger partial charge in [0.1, 0.15) is 5.82 Å². The van der Waals surface area contributed by atoms with Crippen LogP contribution < -0.4 is 5.73 Å². The Morgan fingerprint density at radius 1 is 1.09 bits per heavy atom. The minimum atomic E-state index is -0.870. The number of hydrogen-bond donors (Lipinski definition) is 2. The molecule has 33 heavy (non-hydrogen) atoms. The summed E-state index contributed by atoms with van der Waals surface area (Å²) in [5.74, 6) is -2.68. The number of nitrogens with two attached hydrogens (primary N) is 1. The van der Waals surface area contributed by atoms with Crippen molar-refractivity contribution >= 4 is 34.3 Å². The first-order valence-electron chi connectivity index (χ1n) is 10.8. The number of hydrogen-bond acceptors (Lipinski definition) is 4. The van der Waals surface area contributed by atoms with E-state index in [0.717, 1.165) is 23.7 Å². The molecule has 0 bridgehead atoms. The molecule has 1 saturated carbocycles. The maximum atomic E-state index is 13.4. The zero-order chi connectivity index (χ0) is 23.1. The van der Waals surface area contributed by atoms with E-state index in [1.165, 1.54) is 35.4 Å². The van der Waals surface area contributed by atoms with Gasteiger partial charge in [0.2, 0.25) is 5.91 Å². The Balaban J connectivity index is 1.63. The number of carbonyl (C=O) groups excluding carboxylic acids is 3. The van der Waals surface area contributed by atoms with Crippen molar-refractivity contribution in [3.8, 4) is 0 Å². The molecule has 5 rings (SSSR count). The molecule has 1 atom stereocenters. The molecular weight excluding hydrogens is 425 g/mol. The number of aromatic amines is 1. The molecule has 1 aliphatic carbocycles. The van der Waals surface area contributed by atoms with E-state index in [-0.39, 0.29) is 17.7 Å². The van der Waals surface area contributed by atoms with Gasteiger partial charge < -0.3 is 20.4 Å². The molecule has 3 aromatic rings. The number of esters is 1. The Morgan fingerprint density at radius 3 is 2.52 bits per heavy atom. The molecule has 0 saturated heterocycles. The molecule has 0 spiro atoms. The lowest BCUT2D eigenvalue weighted by molar-refractivity contribution is -0.137. The van der Waals surface area contributed by atoms with E-state index < -0.39 is 29.5 Å². The van der Waals surface area contributed by atoms with Gasteiger partial charge in [0.15, 0.2) is 0 Å². The van der Waals surface area contributed by atoms with Crippen LogP contribution in [0.25, 0.3) is 16.5 Å². The third-order valence-corrected chi connectivity index (χ3v) is 6.09. The summed E-state index contributed by atoms with van der Waals surface area (Å²) in [5, 5.41) is 0.744. The number of aromatic nitrogens is 1. The Hall–Kier alpha value is -3.94. The molecule has 3 N–H and O–H groups in total. The second-order valence-electron chi connectivity index (χ2n) is 8.46. The number of primary amides is 1. The molecule has 7 nitrogen and oxygen atoms in total. The first kappa shape index (κ1) is 20.9. The lowest BCUT2D eigenvalue weighted by atomic mass is 9.93. The quantitative estimate of drug-likeness (QED) is 0.585. The van der Waals surface area contributed by atoms with Crippen LogP contribution >= 0.6 is 0 Å². The topological polar surface area (TPSA) is 105 Å². The minimum absolute atomic E-state index is 0.0696. The molecule has 1 aromatic heterocycles. The van der Waals surface area contributed by atoms with Gasteiger partial charge in [-0.15, -0.1) is 0 Å². The molecule has 168 valence electrons. The van der Waals surface area contributed by atoms with E-state index in [4.69, 9.17) is 10.5 Å². The normalized spacial score (nSPS) is 17.8. The summed E-state index contributed by atoms with van der Waals surface area (Å²) in [6, 6.07) is 12.4. The number of rotatable bonds is 5. The summed E-state index contributed by atoms with van der Waals surface area (Å²) in [6.45, 7) is 0.233. The van der Waals surface area contributed by atoms with Gasteiger partial charge in [0.05, 0.1) is 23.8 Å². The first-order valence-corrected chi connectivity index (χ1v) is 10.8. The van der Waals surface area contributed by atoms with Gasteiger partial charge in [-0.3, -0.25) is 9.59 Å². The van der Waals surface area contributed by atoms with Crippen LogP contribution in [0.15, 0.2) is 54.7 Å². The van der Waals surface area contributed by atoms with Crippen molar-refractivity contribution in [2.24, 2.45) is 11.7 Å². The summed E-state index contributed by atoms with van der Waals surface area (Å²) in [4.78, 5) is 43.4. The van der Waals surface area contributed by atoms with Crippen LogP contribution in [-0.4, -0.2) is 40.8 Å². The number of amides is 2. The molecule has 1 unspecified atom stereocenters. The fourth-order valence-corrected chi connectivity index (χ4v) is 4.14. The van der Waals surface area contributed by atoms with Crippen molar-refractivity contribution in [3.05, 3.63) is 77.4 Å². The van der Waals surface area contributed by atoms with Crippen LogP contribution in [0.4, 0.5) is 4.39 Å². The van der Waals surface area contributed by atoms with Crippen LogP contribution in [0.5, 0.6) is 0 Å². The maximum Gasteiger partial charge on any atom is 0.341 e. The van der Waals surface area contributed by atoms with Gasteiger partial charge in [-0.1, -0.05) is 18.2 Å². The third kappa shape index (κ3) is 4.00. The molecule has 2 aromatic carbocycles. The van der Waals surface area contributed by atoms with E-state index >= 15 is 0 Å². The van der Waals surface area contributed by atoms with E-state index in [0.29, 0.717) is 23.8 Å². The fraction of sp³-hybridized carbons (Fsp3) is 0.240. The van der Waals surface area contributed by atoms with E-state index in [2.05, 4.69) is 4.98 Å². The minimum Gasteiger partial charge on any atom is -0.462 e. The maximum absolute atomic E-state index is 13.4. The van der Waals surface area contributed by atoms with Gasteiger partial charge in [-0.25, -0.2) is 9.18 Å². The second kappa shape index (κ2) is 8.20. The van der Waals surface area contributed by atoms with Crippen molar-refractivity contribution < 1.29 is 23.5 Å². The Kier molecular flexibility index (Phi) is 5.20. The number of para-hydroxylation sites is 1. The predicted octanol–water partition coefficient (Wildman–Crippen LogP) is 3.33. The summed E-state index contributed by atoms with van der Waals surface area (Å²) >= 11 is 0. The number of fused-ring (bicyclic) bond motifs is 3. The lowest BCUT2D eigenvalue weighted by Gasteiger charge is -2.22.